The Balaban J connectivity index is 1.96. The van der Waals surface area contributed by atoms with Crippen LogP contribution in [-0.4, -0.2) is 14.9 Å². The van der Waals surface area contributed by atoms with Gasteiger partial charge in [0.25, 0.3) is 5.56 Å². The van der Waals surface area contributed by atoms with Gasteiger partial charge in [0.1, 0.15) is 6.10 Å². The molecule has 0 bridgehead atoms. The first-order valence-corrected chi connectivity index (χ1v) is 8.61. The molecule has 0 fully saturated rings. The number of hydrogen-bond acceptors (Lipinski definition) is 4. The highest BCUT2D eigenvalue weighted by atomic mass is 16.5. The molecule has 0 amide bonds. The van der Waals surface area contributed by atoms with Gasteiger partial charge >= 0.3 is 5.69 Å². The van der Waals surface area contributed by atoms with E-state index in [1.165, 1.54) is 18.7 Å². The normalized spacial score (nSPS) is 18.0. The van der Waals surface area contributed by atoms with Crippen molar-refractivity contribution in [2.45, 2.75) is 12.0 Å². The van der Waals surface area contributed by atoms with Crippen LogP contribution in [0.4, 0.5) is 0 Å². The van der Waals surface area contributed by atoms with E-state index in [-0.39, 0.29) is 17.2 Å². The second kappa shape index (κ2) is 6.39. The van der Waals surface area contributed by atoms with Crippen LogP contribution >= 0.6 is 0 Å². The summed E-state index contributed by atoms with van der Waals surface area (Å²) >= 11 is 0. The lowest BCUT2D eigenvalue weighted by molar-refractivity contribution is 0.0891. The van der Waals surface area contributed by atoms with Gasteiger partial charge in [-0.2, -0.15) is 0 Å². The second-order valence-corrected chi connectivity index (χ2v) is 6.58. The molecule has 0 spiro atoms. The third-order valence-electron chi connectivity index (χ3n) is 4.97. The number of ether oxygens (including phenoxy) is 1. The van der Waals surface area contributed by atoms with E-state index in [0.29, 0.717) is 5.56 Å². The van der Waals surface area contributed by atoms with Gasteiger partial charge < -0.3 is 4.74 Å². The molecule has 0 aliphatic carbocycles. The zero-order valence-corrected chi connectivity index (χ0v) is 15.0. The monoisotopic (exact) mass is 362 g/mol. The van der Waals surface area contributed by atoms with Crippen molar-refractivity contribution in [1.82, 2.24) is 9.13 Å². The summed E-state index contributed by atoms with van der Waals surface area (Å²) in [6.45, 7) is 0. The SMILES string of the molecule is Cn1c2c(c(=O)n(C)c1=O)[C@H](C(=O)c1ccccc1)[C@H](c1ccccc1)O2. The number of aromatic nitrogens is 2. The Kier molecular flexibility index (Phi) is 4.03. The van der Waals surface area contributed by atoms with Gasteiger partial charge in [-0.05, 0) is 5.56 Å². The van der Waals surface area contributed by atoms with Crippen LogP contribution in [0.2, 0.25) is 0 Å². The van der Waals surface area contributed by atoms with Crippen LogP contribution in [0.3, 0.4) is 0 Å². The molecule has 0 saturated heterocycles. The highest BCUT2D eigenvalue weighted by molar-refractivity contribution is 6.02. The second-order valence-electron chi connectivity index (χ2n) is 6.58. The van der Waals surface area contributed by atoms with E-state index in [1.807, 2.05) is 36.4 Å². The van der Waals surface area contributed by atoms with E-state index < -0.39 is 23.3 Å². The number of fused-ring (bicyclic) bond motifs is 1. The zero-order chi connectivity index (χ0) is 19.1. The van der Waals surface area contributed by atoms with E-state index >= 15 is 0 Å². The number of carbonyl (C=O) groups excluding carboxylic acids is 1. The number of nitrogens with zero attached hydrogens (tertiary/aromatic N) is 2. The molecule has 3 aromatic rings. The van der Waals surface area contributed by atoms with Crippen LogP contribution < -0.4 is 16.0 Å². The molecule has 0 unspecified atom stereocenters. The minimum atomic E-state index is -0.824. The van der Waals surface area contributed by atoms with Gasteiger partial charge in [-0.1, -0.05) is 60.7 Å². The predicted molar refractivity (Wildman–Crippen MR) is 100 cm³/mol. The molecule has 6 heteroatoms. The standard InChI is InChI=1S/C21H18N2O4/c1-22-19(25)16-15(17(24)13-9-5-3-6-10-13)18(14-11-7-4-8-12-14)27-20(16)23(2)21(22)26/h3-12,15,18H,1-2H3/t15-,18+/m1/s1. The minimum absolute atomic E-state index is 0.159. The van der Waals surface area contributed by atoms with Gasteiger partial charge in [0, 0.05) is 19.7 Å². The van der Waals surface area contributed by atoms with Crippen molar-refractivity contribution in [2.75, 3.05) is 0 Å². The summed E-state index contributed by atoms with van der Waals surface area (Å²) in [6, 6.07) is 18.1. The van der Waals surface area contributed by atoms with Crippen molar-refractivity contribution in [1.29, 1.82) is 0 Å². The van der Waals surface area contributed by atoms with Crippen LogP contribution in [0.25, 0.3) is 0 Å². The Morgan fingerprint density at radius 1 is 0.889 bits per heavy atom. The van der Waals surface area contributed by atoms with Crippen LogP contribution in [0, 0.1) is 0 Å². The Morgan fingerprint density at radius 3 is 2.11 bits per heavy atom. The Morgan fingerprint density at radius 2 is 1.48 bits per heavy atom. The molecule has 0 radical (unpaired) electrons. The molecular weight excluding hydrogens is 344 g/mol. The molecule has 0 N–H and O–H groups in total. The van der Waals surface area contributed by atoms with Gasteiger partial charge in [0.2, 0.25) is 5.88 Å². The van der Waals surface area contributed by atoms with Crippen molar-refractivity contribution < 1.29 is 9.53 Å². The lowest BCUT2D eigenvalue weighted by Crippen LogP contribution is -2.39. The average molecular weight is 362 g/mol. The minimum Gasteiger partial charge on any atom is -0.469 e. The number of Topliss-reactive ketones (excluding diaryl/α,β-unsaturated/α-hetero) is 1. The van der Waals surface area contributed by atoms with Gasteiger partial charge in [-0.3, -0.25) is 18.7 Å². The lowest BCUT2D eigenvalue weighted by Gasteiger charge is -2.18. The number of carbonyl (C=O) groups is 1. The highest BCUT2D eigenvalue weighted by Crippen LogP contribution is 2.45. The lowest BCUT2D eigenvalue weighted by atomic mass is 9.85. The predicted octanol–water partition coefficient (Wildman–Crippen LogP) is 2.18. The van der Waals surface area contributed by atoms with Gasteiger partial charge in [-0.25, -0.2) is 4.79 Å². The smallest absolute Gasteiger partial charge is 0.333 e. The average Bonchev–Trinajstić information content (AvgIpc) is 3.12. The molecule has 0 saturated carbocycles. The maximum absolute atomic E-state index is 13.3. The summed E-state index contributed by atoms with van der Waals surface area (Å²) in [4.78, 5) is 38.5. The Labute approximate surface area is 155 Å². The number of rotatable bonds is 3. The van der Waals surface area contributed by atoms with Gasteiger partial charge in [-0.15, -0.1) is 0 Å². The summed E-state index contributed by atoms with van der Waals surface area (Å²) < 4.78 is 8.32. The molecule has 1 aromatic heterocycles. The number of ketones is 1. The quantitative estimate of drug-likeness (QED) is 0.670. The first-order chi connectivity index (χ1) is 13.0. The van der Waals surface area contributed by atoms with E-state index in [9.17, 15) is 14.4 Å². The molecule has 4 rings (SSSR count). The van der Waals surface area contributed by atoms with Crippen molar-refractivity contribution in [3.63, 3.8) is 0 Å². The molecule has 2 atom stereocenters. The molecular formula is C21H18N2O4. The van der Waals surface area contributed by atoms with Crippen molar-refractivity contribution in [2.24, 2.45) is 14.1 Å². The fourth-order valence-electron chi connectivity index (χ4n) is 3.55. The van der Waals surface area contributed by atoms with Crippen molar-refractivity contribution in [3.8, 4) is 5.88 Å². The van der Waals surface area contributed by atoms with Gasteiger partial charge in [0.15, 0.2) is 5.78 Å². The third-order valence-corrected chi connectivity index (χ3v) is 4.97. The zero-order valence-electron chi connectivity index (χ0n) is 15.0. The largest absolute Gasteiger partial charge is 0.469 e. The Hall–Kier alpha value is -3.41. The Bertz CT molecular complexity index is 1130. The highest BCUT2D eigenvalue weighted by Gasteiger charge is 2.44. The van der Waals surface area contributed by atoms with Crippen LogP contribution in [0.15, 0.2) is 70.3 Å². The van der Waals surface area contributed by atoms with E-state index in [2.05, 4.69) is 0 Å². The first-order valence-electron chi connectivity index (χ1n) is 8.61. The molecule has 27 heavy (non-hydrogen) atoms. The summed E-state index contributed by atoms with van der Waals surface area (Å²) in [5.41, 5.74) is 0.509. The summed E-state index contributed by atoms with van der Waals surface area (Å²) in [6.07, 6.45) is -0.672. The third kappa shape index (κ3) is 2.61. The summed E-state index contributed by atoms with van der Waals surface area (Å²) in [7, 11) is 2.95. The molecule has 6 nitrogen and oxygen atoms in total. The molecule has 2 heterocycles. The van der Waals surface area contributed by atoms with Gasteiger partial charge in [0.05, 0.1) is 11.5 Å². The van der Waals surface area contributed by atoms with Crippen LogP contribution in [0.5, 0.6) is 5.88 Å². The molecule has 1 aliphatic rings. The summed E-state index contributed by atoms with van der Waals surface area (Å²) in [5, 5.41) is 0. The van der Waals surface area contributed by atoms with E-state index in [1.54, 1.807) is 24.3 Å². The first kappa shape index (κ1) is 17.0. The maximum atomic E-state index is 13.3. The fraction of sp³-hybridized carbons (Fsp3) is 0.190. The number of benzene rings is 2. The summed E-state index contributed by atoms with van der Waals surface area (Å²) in [5.74, 6) is -0.875. The maximum Gasteiger partial charge on any atom is 0.333 e. The topological polar surface area (TPSA) is 70.3 Å². The van der Waals surface area contributed by atoms with E-state index in [0.717, 1.165) is 10.1 Å². The van der Waals surface area contributed by atoms with E-state index in [4.69, 9.17) is 4.74 Å². The molecule has 1 aliphatic heterocycles. The molecule has 136 valence electrons. The fourth-order valence-corrected chi connectivity index (χ4v) is 3.55. The number of hydrogen-bond donors (Lipinski definition) is 0. The van der Waals surface area contributed by atoms with Crippen molar-refractivity contribution >= 4 is 5.78 Å². The molecule has 2 aromatic carbocycles. The van der Waals surface area contributed by atoms with Crippen LogP contribution in [-0.2, 0) is 14.1 Å². The van der Waals surface area contributed by atoms with Crippen LogP contribution in [0.1, 0.15) is 33.5 Å². The van der Waals surface area contributed by atoms with Crippen molar-refractivity contribution in [3.05, 3.63) is 98.2 Å².